The number of nitriles is 1. The molecule has 78 valence electrons. The Labute approximate surface area is 88.9 Å². The molecule has 0 aromatic carbocycles. The molecular weight excluding hydrogens is 190 g/mol. The van der Waals surface area contributed by atoms with E-state index >= 15 is 0 Å². The van der Waals surface area contributed by atoms with Crippen LogP contribution < -0.4 is 5.32 Å². The van der Waals surface area contributed by atoms with Crippen LogP contribution in [0.5, 0.6) is 0 Å². The van der Waals surface area contributed by atoms with E-state index in [1.165, 1.54) is 0 Å². The third kappa shape index (κ3) is 2.78. The van der Waals surface area contributed by atoms with Gasteiger partial charge in [-0.1, -0.05) is 13.0 Å². The van der Waals surface area contributed by atoms with Crippen molar-refractivity contribution in [2.75, 3.05) is 0 Å². The summed E-state index contributed by atoms with van der Waals surface area (Å²) < 4.78 is 0. The molecule has 0 fully saturated rings. The Morgan fingerprint density at radius 2 is 2.40 bits per heavy atom. The second kappa shape index (κ2) is 4.56. The Morgan fingerprint density at radius 3 is 2.87 bits per heavy atom. The zero-order valence-electron chi connectivity index (χ0n) is 8.82. The maximum absolute atomic E-state index is 11.7. The van der Waals surface area contributed by atoms with Gasteiger partial charge in [-0.05, 0) is 25.5 Å². The summed E-state index contributed by atoms with van der Waals surface area (Å²) in [6, 6.07) is 7.15. The zero-order valence-corrected chi connectivity index (χ0v) is 8.82. The molecule has 1 amide bonds. The number of nitrogens with zero attached hydrogens (tertiary/aromatic N) is 2. The fraction of sp³-hybridized carbons (Fsp3) is 0.364. The van der Waals surface area contributed by atoms with Crippen LogP contribution in [0.4, 0.5) is 0 Å². The van der Waals surface area contributed by atoms with Gasteiger partial charge < -0.3 is 5.32 Å². The number of amides is 1. The molecule has 1 unspecified atom stereocenters. The first-order valence-corrected chi connectivity index (χ1v) is 4.76. The molecular formula is C11H13N3O. The number of carbonyl (C=O) groups is 1. The lowest BCUT2D eigenvalue weighted by molar-refractivity contribution is 0.0918. The fourth-order valence-corrected chi connectivity index (χ4v) is 1.01. The number of pyridine rings is 1. The van der Waals surface area contributed by atoms with Gasteiger partial charge >= 0.3 is 0 Å². The molecule has 1 aromatic heterocycles. The van der Waals surface area contributed by atoms with E-state index in [4.69, 9.17) is 5.26 Å². The molecule has 4 nitrogen and oxygen atoms in total. The van der Waals surface area contributed by atoms with Crippen LogP contribution in [0.25, 0.3) is 0 Å². The van der Waals surface area contributed by atoms with Crippen LogP contribution in [0.3, 0.4) is 0 Å². The van der Waals surface area contributed by atoms with Gasteiger partial charge in [-0.15, -0.1) is 0 Å². The predicted molar refractivity (Wildman–Crippen MR) is 56.0 cm³/mol. The van der Waals surface area contributed by atoms with E-state index in [2.05, 4.69) is 16.4 Å². The van der Waals surface area contributed by atoms with Crippen LogP contribution in [-0.4, -0.2) is 16.4 Å². The summed E-state index contributed by atoms with van der Waals surface area (Å²) >= 11 is 0. The minimum Gasteiger partial charge on any atom is -0.333 e. The first-order valence-electron chi connectivity index (χ1n) is 4.76. The summed E-state index contributed by atoms with van der Waals surface area (Å²) in [7, 11) is 0. The number of hydrogen-bond acceptors (Lipinski definition) is 3. The molecule has 1 atom stereocenters. The molecule has 1 N–H and O–H groups in total. The lowest BCUT2D eigenvalue weighted by Gasteiger charge is -2.20. The Balaban J connectivity index is 2.77. The highest BCUT2D eigenvalue weighted by molar-refractivity contribution is 5.92. The summed E-state index contributed by atoms with van der Waals surface area (Å²) in [4.78, 5) is 15.6. The molecule has 15 heavy (non-hydrogen) atoms. The van der Waals surface area contributed by atoms with E-state index in [0.29, 0.717) is 12.1 Å². The average molecular weight is 203 g/mol. The Morgan fingerprint density at radius 1 is 1.67 bits per heavy atom. The number of nitrogens with one attached hydrogen (secondary N) is 1. The molecule has 1 aromatic rings. The van der Waals surface area contributed by atoms with E-state index < -0.39 is 5.54 Å². The van der Waals surface area contributed by atoms with Gasteiger partial charge in [0.15, 0.2) is 0 Å². The highest BCUT2D eigenvalue weighted by Gasteiger charge is 2.24. The van der Waals surface area contributed by atoms with Crippen LogP contribution in [0.1, 0.15) is 30.8 Å². The topological polar surface area (TPSA) is 65.8 Å². The van der Waals surface area contributed by atoms with Crippen LogP contribution in [0.15, 0.2) is 24.4 Å². The van der Waals surface area contributed by atoms with Gasteiger partial charge in [0.25, 0.3) is 5.91 Å². The molecule has 0 bridgehead atoms. The molecule has 0 aliphatic carbocycles. The largest absolute Gasteiger partial charge is 0.333 e. The van der Waals surface area contributed by atoms with Crippen molar-refractivity contribution >= 4 is 5.91 Å². The van der Waals surface area contributed by atoms with E-state index in [1.54, 1.807) is 31.3 Å². The summed E-state index contributed by atoms with van der Waals surface area (Å²) in [5.41, 5.74) is -0.498. The van der Waals surface area contributed by atoms with Crippen molar-refractivity contribution in [1.29, 1.82) is 5.26 Å². The number of rotatable bonds is 3. The normalized spacial score (nSPS) is 13.7. The van der Waals surface area contributed by atoms with Gasteiger partial charge in [-0.3, -0.25) is 9.78 Å². The second-order valence-electron chi connectivity index (χ2n) is 3.47. The first-order chi connectivity index (χ1) is 7.11. The first kappa shape index (κ1) is 11.2. The molecule has 4 heteroatoms. The lowest BCUT2D eigenvalue weighted by atomic mass is 10.0. The van der Waals surface area contributed by atoms with E-state index in [-0.39, 0.29) is 5.91 Å². The molecule has 0 aliphatic rings. The average Bonchev–Trinajstić information content (AvgIpc) is 2.30. The van der Waals surface area contributed by atoms with Crippen molar-refractivity contribution < 1.29 is 4.79 Å². The minimum absolute atomic E-state index is 0.318. The van der Waals surface area contributed by atoms with Crippen LogP contribution in [0, 0.1) is 11.3 Å². The molecule has 0 aliphatic heterocycles. The van der Waals surface area contributed by atoms with Gasteiger partial charge in [0, 0.05) is 6.20 Å². The predicted octanol–water partition coefficient (Wildman–Crippen LogP) is 1.50. The van der Waals surface area contributed by atoms with Crippen LogP contribution in [-0.2, 0) is 0 Å². The smallest absolute Gasteiger partial charge is 0.271 e. The van der Waals surface area contributed by atoms with Crippen molar-refractivity contribution in [2.45, 2.75) is 25.8 Å². The third-order valence-corrected chi connectivity index (χ3v) is 2.24. The Bertz CT molecular complexity index is 383. The summed E-state index contributed by atoms with van der Waals surface area (Å²) in [5.74, 6) is -0.318. The van der Waals surface area contributed by atoms with Crippen molar-refractivity contribution in [1.82, 2.24) is 10.3 Å². The summed E-state index contributed by atoms with van der Waals surface area (Å²) in [5, 5.41) is 11.5. The Hall–Kier alpha value is -1.89. The summed E-state index contributed by atoms with van der Waals surface area (Å²) in [6.45, 7) is 3.54. The quantitative estimate of drug-likeness (QED) is 0.809. The molecule has 0 spiro atoms. The van der Waals surface area contributed by atoms with Gasteiger partial charge in [0.1, 0.15) is 11.2 Å². The van der Waals surface area contributed by atoms with Gasteiger partial charge in [-0.2, -0.15) is 5.26 Å². The highest BCUT2D eigenvalue weighted by atomic mass is 16.2. The molecule has 0 saturated carbocycles. The standard InChI is InChI=1S/C11H13N3O/c1-3-11(2,8-12)14-10(15)9-6-4-5-7-13-9/h4-7H,3H2,1-2H3,(H,14,15). The molecule has 1 heterocycles. The van der Waals surface area contributed by atoms with Crippen molar-refractivity contribution in [3.8, 4) is 6.07 Å². The third-order valence-electron chi connectivity index (χ3n) is 2.24. The maximum Gasteiger partial charge on any atom is 0.271 e. The van der Waals surface area contributed by atoms with E-state index in [1.807, 2.05) is 6.92 Å². The minimum atomic E-state index is -0.825. The van der Waals surface area contributed by atoms with Gasteiger partial charge in [0.2, 0.25) is 0 Å². The lowest BCUT2D eigenvalue weighted by Crippen LogP contribution is -2.44. The maximum atomic E-state index is 11.7. The van der Waals surface area contributed by atoms with Gasteiger partial charge in [0.05, 0.1) is 6.07 Å². The number of hydrogen-bond donors (Lipinski definition) is 1. The summed E-state index contributed by atoms with van der Waals surface area (Å²) in [6.07, 6.45) is 2.10. The number of aromatic nitrogens is 1. The Kier molecular flexibility index (Phi) is 3.40. The monoisotopic (exact) mass is 203 g/mol. The van der Waals surface area contributed by atoms with Crippen molar-refractivity contribution in [3.05, 3.63) is 30.1 Å². The van der Waals surface area contributed by atoms with Crippen molar-refractivity contribution in [2.24, 2.45) is 0 Å². The molecule has 0 saturated heterocycles. The highest BCUT2D eigenvalue weighted by Crippen LogP contribution is 2.08. The number of carbonyl (C=O) groups excluding carboxylic acids is 1. The van der Waals surface area contributed by atoms with Crippen LogP contribution >= 0.6 is 0 Å². The van der Waals surface area contributed by atoms with E-state index in [9.17, 15) is 4.79 Å². The second-order valence-corrected chi connectivity index (χ2v) is 3.47. The fourth-order valence-electron chi connectivity index (χ4n) is 1.01. The molecule has 1 rings (SSSR count). The van der Waals surface area contributed by atoms with E-state index in [0.717, 1.165) is 0 Å². The van der Waals surface area contributed by atoms with Crippen LogP contribution in [0.2, 0.25) is 0 Å². The molecule has 0 radical (unpaired) electrons. The van der Waals surface area contributed by atoms with Gasteiger partial charge in [-0.25, -0.2) is 0 Å². The van der Waals surface area contributed by atoms with Crippen molar-refractivity contribution in [3.63, 3.8) is 0 Å². The zero-order chi connectivity index (χ0) is 11.3. The SMILES string of the molecule is CCC(C)(C#N)NC(=O)c1ccccn1.